The lowest BCUT2D eigenvalue weighted by atomic mass is 10.2. The van der Waals surface area contributed by atoms with Gasteiger partial charge >= 0.3 is 0 Å². The van der Waals surface area contributed by atoms with Crippen LogP contribution in [0.1, 0.15) is 38.3 Å². The third-order valence-electron chi connectivity index (χ3n) is 4.02. The van der Waals surface area contributed by atoms with Crippen LogP contribution >= 0.6 is 0 Å². The molecule has 2 aromatic rings. The monoisotopic (exact) mass is 371 g/mol. The van der Waals surface area contributed by atoms with Crippen LogP contribution in [0.15, 0.2) is 42.5 Å². The molecule has 1 N–H and O–H groups in total. The van der Waals surface area contributed by atoms with Crippen molar-refractivity contribution < 1.29 is 19.0 Å². The average molecular weight is 371 g/mol. The van der Waals surface area contributed by atoms with Gasteiger partial charge < -0.3 is 19.5 Å². The number of nitrogens with one attached hydrogen (secondary N) is 1. The molecule has 1 amide bonds. The minimum atomic E-state index is -0.529. The first kappa shape index (κ1) is 20.6. The fourth-order valence-corrected chi connectivity index (χ4v) is 2.58. The molecule has 0 unspecified atom stereocenters. The van der Waals surface area contributed by atoms with Crippen molar-refractivity contribution in [3.05, 3.63) is 53.6 Å². The van der Waals surface area contributed by atoms with E-state index in [9.17, 15) is 4.79 Å². The number of amides is 1. The van der Waals surface area contributed by atoms with Crippen LogP contribution in [-0.2, 0) is 11.3 Å². The normalized spacial score (nSPS) is 11.8. The number of carbonyl (C=O) groups excluding carboxylic acids is 1. The molecule has 0 bridgehead atoms. The summed E-state index contributed by atoms with van der Waals surface area (Å²) in [7, 11) is 1.60. The van der Waals surface area contributed by atoms with E-state index in [0.29, 0.717) is 30.2 Å². The van der Waals surface area contributed by atoms with E-state index in [0.717, 1.165) is 11.1 Å². The summed E-state index contributed by atoms with van der Waals surface area (Å²) in [6.45, 7) is 8.27. The summed E-state index contributed by atoms with van der Waals surface area (Å²) in [5, 5.41) is 2.93. The second-order valence-electron chi connectivity index (χ2n) is 6.70. The molecule has 5 nitrogen and oxygen atoms in total. The van der Waals surface area contributed by atoms with Crippen molar-refractivity contribution in [3.8, 4) is 17.2 Å². The van der Waals surface area contributed by atoms with Gasteiger partial charge in [0.05, 0.1) is 13.2 Å². The molecule has 0 aromatic heterocycles. The highest BCUT2D eigenvalue weighted by atomic mass is 16.5. The van der Waals surface area contributed by atoms with Crippen LogP contribution in [0.25, 0.3) is 0 Å². The minimum absolute atomic E-state index is 0.0636. The van der Waals surface area contributed by atoms with Crippen LogP contribution in [0.3, 0.4) is 0 Å². The van der Waals surface area contributed by atoms with E-state index in [1.807, 2.05) is 70.2 Å². The molecule has 27 heavy (non-hydrogen) atoms. The fraction of sp³-hybridized carbons (Fsp3) is 0.409. The highest BCUT2D eigenvalue weighted by Crippen LogP contribution is 2.29. The highest BCUT2D eigenvalue weighted by molar-refractivity contribution is 5.81. The van der Waals surface area contributed by atoms with E-state index in [4.69, 9.17) is 14.2 Å². The number of benzene rings is 2. The number of hydrogen-bond donors (Lipinski definition) is 1. The Balaban J connectivity index is 1.97. The third kappa shape index (κ3) is 6.20. The largest absolute Gasteiger partial charge is 0.493 e. The molecule has 0 saturated heterocycles. The Hall–Kier alpha value is -2.69. The van der Waals surface area contributed by atoms with Gasteiger partial charge in [0.2, 0.25) is 0 Å². The van der Waals surface area contributed by atoms with Crippen LogP contribution < -0.4 is 19.5 Å². The van der Waals surface area contributed by atoms with Crippen LogP contribution in [0, 0.1) is 6.92 Å². The van der Waals surface area contributed by atoms with Gasteiger partial charge in [-0.2, -0.15) is 0 Å². The molecule has 0 saturated carbocycles. The van der Waals surface area contributed by atoms with Gasteiger partial charge in [0.1, 0.15) is 5.75 Å². The predicted octanol–water partition coefficient (Wildman–Crippen LogP) is 4.26. The Morgan fingerprint density at radius 3 is 2.33 bits per heavy atom. The number of aryl methyl sites for hydroxylation is 1. The molecule has 1 atom stereocenters. The van der Waals surface area contributed by atoms with Crippen molar-refractivity contribution in [2.24, 2.45) is 0 Å². The summed E-state index contributed by atoms with van der Waals surface area (Å²) in [4.78, 5) is 12.5. The molecular formula is C22H29NO4. The first-order valence-corrected chi connectivity index (χ1v) is 9.27. The van der Waals surface area contributed by atoms with Gasteiger partial charge in [-0.1, -0.05) is 30.7 Å². The average Bonchev–Trinajstić information content (AvgIpc) is 2.66. The minimum Gasteiger partial charge on any atom is -0.493 e. The van der Waals surface area contributed by atoms with E-state index >= 15 is 0 Å². The molecule has 0 aliphatic carbocycles. The maximum atomic E-state index is 12.5. The molecule has 0 radical (unpaired) electrons. The van der Waals surface area contributed by atoms with Crippen molar-refractivity contribution in [1.82, 2.24) is 5.32 Å². The molecule has 2 aromatic carbocycles. The van der Waals surface area contributed by atoms with Gasteiger partial charge in [-0.3, -0.25) is 4.79 Å². The maximum absolute atomic E-state index is 12.5. The van der Waals surface area contributed by atoms with Gasteiger partial charge in [0.15, 0.2) is 17.6 Å². The predicted molar refractivity (Wildman–Crippen MR) is 106 cm³/mol. The van der Waals surface area contributed by atoms with Crippen molar-refractivity contribution >= 4 is 5.91 Å². The summed E-state index contributed by atoms with van der Waals surface area (Å²) < 4.78 is 16.9. The summed E-state index contributed by atoms with van der Waals surface area (Å²) >= 11 is 0. The molecule has 0 aliphatic rings. The van der Waals surface area contributed by atoms with Gasteiger partial charge in [-0.15, -0.1) is 0 Å². The SMILES string of the molecule is CC[C@H](Oc1ccc(C)cc1)C(=O)NCc1ccc(OC(C)C)c(OC)c1. The quantitative estimate of drug-likeness (QED) is 0.715. The van der Waals surface area contributed by atoms with Gasteiger partial charge in [0, 0.05) is 6.54 Å². The Bertz CT molecular complexity index is 740. The first-order valence-electron chi connectivity index (χ1n) is 9.27. The third-order valence-corrected chi connectivity index (χ3v) is 4.02. The second kappa shape index (κ2) is 9.86. The van der Waals surface area contributed by atoms with E-state index < -0.39 is 6.10 Å². The molecule has 2 rings (SSSR count). The Morgan fingerprint density at radius 1 is 1.04 bits per heavy atom. The van der Waals surface area contributed by atoms with Crippen LogP contribution in [0.5, 0.6) is 17.2 Å². The highest BCUT2D eigenvalue weighted by Gasteiger charge is 2.18. The molecule has 0 aliphatic heterocycles. The van der Waals surface area contributed by atoms with Crippen LogP contribution in [0.4, 0.5) is 0 Å². The summed E-state index contributed by atoms with van der Waals surface area (Å²) in [6, 6.07) is 13.3. The number of rotatable bonds is 9. The Morgan fingerprint density at radius 2 is 1.74 bits per heavy atom. The second-order valence-corrected chi connectivity index (χ2v) is 6.70. The fourth-order valence-electron chi connectivity index (χ4n) is 2.58. The lowest BCUT2D eigenvalue weighted by Crippen LogP contribution is -2.37. The standard InChI is InChI=1S/C22H29NO4/c1-6-19(27-18-10-7-16(4)8-11-18)22(24)23-14-17-9-12-20(26-15(2)3)21(13-17)25-5/h7-13,15,19H,6,14H2,1-5H3,(H,23,24)/t19-/m0/s1. The first-order chi connectivity index (χ1) is 12.9. The molecule has 0 heterocycles. The number of hydrogen-bond acceptors (Lipinski definition) is 4. The smallest absolute Gasteiger partial charge is 0.261 e. The zero-order valence-corrected chi connectivity index (χ0v) is 16.7. The number of methoxy groups -OCH3 is 1. The van der Waals surface area contributed by atoms with Gasteiger partial charge in [-0.25, -0.2) is 0 Å². The maximum Gasteiger partial charge on any atom is 0.261 e. The molecule has 0 spiro atoms. The molecule has 146 valence electrons. The zero-order chi connectivity index (χ0) is 19.8. The Labute approximate surface area is 161 Å². The van der Waals surface area contributed by atoms with E-state index in [1.165, 1.54) is 0 Å². The Kier molecular flexibility index (Phi) is 7.53. The van der Waals surface area contributed by atoms with E-state index in [1.54, 1.807) is 7.11 Å². The van der Waals surface area contributed by atoms with E-state index in [-0.39, 0.29) is 12.0 Å². The number of carbonyl (C=O) groups is 1. The number of ether oxygens (including phenoxy) is 3. The van der Waals surface area contributed by atoms with Crippen LogP contribution in [-0.4, -0.2) is 25.2 Å². The van der Waals surface area contributed by atoms with Crippen molar-refractivity contribution in [1.29, 1.82) is 0 Å². The summed E-state index contributed by atoms with van der Waals surface area (Å²) in [5.74, 6) is 1.90. The zero-order valence-electron chi connectivity index (χ0n) is 16.7. The summed E-state index contributed by atoms with van der Waals surface area (Å²) in [6.07, 6.45) is 0.122. The molecule has 5 heteroatoms. The van der Waals surface area contributed by atoms with Gasteiger partial charge in [0.25, 0.3) is 5.91 Å². The van der Waals surface area contributed by atoms with Crippen molar-refractivity contribution in [3.63, 3.8) is 0 Å². The topological polar surface area (TPSA) is 56.8 Å². The molecular weight excluding hydrogens is 342 g/mol. The van der Waals surface area contributed by atoms with E-state index in [2.05, 4.69) is 5.32 Å². The van der Waals surface area contributed by atoms with Gasteiger partial charge in [-0.05, 0) is 57.0 Å². The van der Waals surface area contributed by atoms with Crippen molar-refractivity contribution in [2.45, 2.75) is 52.9 Å². The summed E-state index contributed by atoms with van der Waals surface area (Å²) in [5.41, 5.74) is 2.08. The lowest BCUT2D eigenvalue weighted by molar-refractivity contribution is -0.128. The lowest BCUT2D eigenvalue weighted by Gasteiger charge is -2.18. The van der Waals surface area contributed by atoms with Crippen LogP contribution in [0.2, 0.25) is 0 Å². The van der Waals surface area contributed by atoms with Crippen molar-refractivity contribution in [2.75, 3.05) is 7.11 Å². The molecule has 0 fully saturated rings.